The first-order valence-electron chi connectivity index (χ1n) is 3.76. The van der Waals surface area contributed by atoms with Crippen LogP contribution in [0.15, 0.2) is 0 Å². The molecule has 1 rings (SSSR count). The molecule has 0 unspecified atom stereocenters. The highest BCUT2D eigenvalue weighted by Gasteiger charge is 2.40. The number of alkyl halides is 1. The predicted octanol–water partition coefficient (Wildman–Crippen LogP) is -0.305. The molecule has 1 aliphatic heterocycles. The lowest BCUT2D eigenvalue weighted by Crippen LogP contribution is -2.55. The van der Waals surface area contributed by atoms with Crippen LogP contribution in [0.4, 0.5) is 4.39 Å². The number of ether oxygens (including phenoxy) is 1. The van der Waals surface area contributed by atoms with Crippen LogP contribution >= 0.6 is 0 Å². The second-order valence-corrected chi connectivity index (χ2v) is 2.85. The average Bonchev–Trinajstić information content (AvgIpc) is 2.06. The van der Waals surface area contributed by atoms with E-state index in [1.165, 1.54) is 7.11 Å². The number of nitrogens with one attached hydrogen (secondary N) is 1. The third-order valence-corrected chi connectivity index (χ3v) is 2.29. The van der Waals surface area contributed by atoms with E-state index in [2.05, 4.69) is 5.32 Å². The topological polar surface area (TPSA) is 41.5 Å². The highest BCUT2D eigenvalue weighted by Crippen LogP contribution is 2.24. The highest BCUT2D eigenvalue weighted by atomic mass is 19.1. The molecule has 0 aromatic carbocycles. The molecule has 2 N–H and O–H groups in total. The summed E-state index contributed by atoms with van der Waals surface area (Å²) in [7, 11) is 1.44. The minimum atomic E-state index is -1.11. The molecule has 4 heteroatoms. The van der Waals surface area contributed by atoms with Crippen molar-refractivity contribution in [2.45, 2.75) is 18.2 Å². The molecule has 0 aromatic heterocycles. The Kier molecular flexibility index (Phi) is 2.81. The lowest BCUT2D eigenvalue weighted by molar-refractivity contribution is -0.116. The van der Waals surface area contributed by atoms with Crippen LogP contribution < -0.4 is 5.32 Å². The van der Waals surface area contributed by atoms with Crippen molar-refractivity contribution in [2.75, 3.05) is 26.8 Å². The molecule has 0 amide bonds. The molecule has 0 saturated carbocycles. The van der Waals surface area contributed by atoms with Crippen molar-refractivity contribution in [1.29, 1.82) is 0 Å². The summed E-state index contributed by atoms with van der Waals surface area (Å²) in [6.07, 6.45) is -0.576. The second kappa shape index (κ2) is 3.47. The van der Waals surface area contributed by atoms with Crippen LogP contribution in [0.25, 0.3) is 0 Å². The van der Waals surface area contributed by atoms with Gasteiger partial charge >= 0.3 is 0 Å². The minimum Gasteiger partial charge on any atom is -0.393 e. The van der Waals surface area contributed by atoms with Gasteiger partial charge in [0.2, 0.25) is 0 Å². The van der Waals surface area contributed by atoms with Crippen LogP contribution in [0, 0.1) is 0 Å². The zero-order valence-corrected chi connectivity index (χ0v) is 6.64. The fourth-order valence-corrected chi connectivity index (χ4v) is 1.34. The Balaban J connectivity index is 2.61. The number of aliphatic hydroxyl groups is 1. The van der Waals surface area contributed by atoms with Crippen molar-refractivity contribution in [3.8, 4) is 0 Å². The standard InChI is InChI=1S/C7H14FNO2/c1-11-7(5-10)2-3-9-4-6(7)8/h6,9-10H,2-5H2,1H3/t6-,7+/m1/s1. The van der Waals surface area contributed by atoms with Crippen LogP contribution in [0.1, 0.15) is 6.42 Å². The number of halogens is 1. The highest BCUT2D eigenvalue weighted by molar-refractivity contribution is 4.93. The van der Waals surface area contributed by atoms with E-state index in [4.69, 9.17) is 9.84 Å². The third kappa shape index (κ3) is 1.52. The number of rotatable bonds is 2. The van der Waals surface area contributed by atoms with Crippen molar-refractivity contribution in [1.82, 2.24) is 5.32 Å². The summed E-state index contributed by atoms with van der Waals surface area (Å²) >= 11 is 0. The molecule has 0 radical (unpaired) electrons. The summed E-state index contributed by atoms with van der Waals surface area (Å²) in [6.45, 7) is 0.732. The molecule has 66 valence electrons. The summed E-state index contributed by atoms with van der Waals surface area (Å²) in [5.41, 5.74) is -0.953. The number of hydrogen-bond acceptors (Lipinski definition) is 3. The first kappa shape index (κ1) is 8.90. The van der Waals surface area contributed by atoms with E-state index in [0.29, 0.717) is 13.0 Å². The van der Waals surface area contributed by atoms with E-state index in [1.807, 2.05) is 0 Å². The van der Waals surface area contributed by atoms with Crippen molar-refractivity contribution >= 4 is 0 Å². The van der Waals surface area contributed by atoms with Crippen molar-refractivity contribution < 1.29 is 14.2 Å². The lowest BCUT2D eigenvalue weighted by Gasteiger charge is -2.37. The van der Waals surface area contributed by atoms with Gasteiger partial charge in [0, 0.05) is 13.7 Å². The SMILES string of the molecule is CO[C@]1(CO)CCNC[C@H]1F. The van der Waals surface area contributed by atoms with Crippen molar-refractivity contribution in [3.63, 3.8) is 0 Å². The van der Waals surface area contributed by atoms with Gasteiger partial charge in [-0.05, 0) is 13.0 Å². The van der Waals surface area contributed by atoms with Gasteiger partial charge in [-0.15, -0.1) is 0 Å². The average molecular weight is 163 g/mol. The zero-order valence-electron chi connectivity index (χ0n) is 6.64. The summed E-state index contributed by atoms with van der Waals surface area (Å²) in [5, 5.41) is 11.8. The second-order valence-electron chi connectivity index (χ2n) is 2.85. The van der Waals surface area contributed by atoms with Crippen molar-refractivity contribution in [3.05, 3.63) is 0 Å². The Morgan fingerprint density at radius 3 is 2.91 bits per heavy atom. The van der Waals surface area contributed by atoms with E-state index in [1.54, 1.807) is 0 Å². The maximum absolute atomic E-state index is 13.2. The maximum Gasteiger partial charge on any atom is 0.144 e. The molecule has 0 spiro atoms. The Bertz CT molecular complexity index is 128. The lowest BCUT2D eigenvalue weighted by atomic mass is 9.91. The summed E-state index contributed by atoms with van der Waals surface area (Å²) in [6, 6.07) is 0. The molecule has 0 bridgehead atoms. The molecule has 3 nitrogen and oxygen atoms in total. The van der Waals surface area contributed by atoms with Crippen LogP contribution in [0.5, 0.6) is 0 Å². The van der Waals surface area contributed by atoms with Crippen LogP contribution in [0.3, 0.4) is 0 Å². The maximum atomic E-state index is 13.2. The monoisotopic (exact) mass is 163 g/mol. The fraction of sp³-hybridized carbons (Fsp3) is 1.00. The molecular formula is C7H14FNO2. The van der Waals surface area contributed by atoms with Gasteiger partial charge in [-0.25, -0.2) is 4.39 Å². The van der Waals surface area contributed by atoms with Gasteiger partial charge in [0.15, 0.2) is 0 Å². The Morgan fingerprint density at radius 2 is 2.55 bits per heavy atom. The normalized spacial score (nSPS) is 39.0. The van der Waals surface area contributed by atoms with E-state index >= 15 is 0 Å². The largest absolute Gasteiger partial charge is 0.393 e. The molecule has 1 aliphatic rings. The van der Waals surface area contributed by atoms with Gasteiger partial charge in [-0.3, -0.25) is 0 Å². The van der Waals surface area contributed by atoms with Gasteiger partial charge in [0.1, 0.15) is 11.8 Å². The molecular weight excluding hydrogens is 149 g/mol. The molecule has 2 atom stereocenters. The van der Waals surface area contributed by atoms with Gasteiger partial charge < -0.3 is 15.2 Å². The van der Waals surface area contributed by atoms with E-state index in [0.717, 1.165) is 0 Å². The van der Waals surface area contributed by atoms with Crippen LogP contribution in [-0.2, 0) is 4.74 Å². The number of piperidine rings is 1. The molecule has 1 heterocycles. The van der Waals surface area contributed by atoms with Gasteiger partial charge in [-0.1, -0.05) is 0 Å². The van der Waals surface area contributed by atoms with Gasteiger partial charge in [0.05, 0.1) is 6.61 Å². The predicted molar refractivity (Wildman–Crippen MR) is 39.2 cm³/mol. The minimum absolute atomic E-state index is 0.244. The van der Waals surface area contributed by atoms with Crippen LogP contribution in [-0.4, -0.2) is 43.7 Å². The summed E-state index contributed by atoms with van der Waals surface area (Å²) < 4.78 is 18.1. The molecule has 0 aliphatic carbocycles. The summed E-state index contributed by atoms with van der Waals surface area (Å²) in [4.78, 5) is 0. The first-order chi connectivity index (χ1) is 5.25. The zero-order chi connectivity index (χ0) is 8.32. The first-order valence-corrected chi connectivity index (χ1v) is 3.76. The molecule has 1 fully saturated rings. The quantitative estimate of drug-likeness (QED) is 0.587. The van der Waals surface area contributed by atoms with Gasteiger partial charge in [-0.2, -0.15) is 0 Å². The fourth-order valence-electron chi connectivity index (χ4n) is 1.34. The summed E-state index contributed by atoms with van der Waals surface area (Å²) in [5.74, 6) is 0. The van der Waals surface area contributed by atoms with Crippen LogP contribution in [0.2, 0.25) is 0 Å². The Labute approximate surface area is 65.5 Å². The Hall–Kier alpha value is -0.190. The van der Waals surface area contributed by atoms with Gasteiger partial charge in [0.25, 0.3) is 0 Å². The van der Waals surface area contributed by atoms with E-state index in [9.17, 15) is 4.39 Å². The molecule has 1 saturated heterocycles. The smallest absolute Gasteiger partial charge is 0.144 e. The molecule has 0 aromatic rings. The molecule has 11 heavy (non-hydrogen) atoms. The van der Waals surface area contributed by atoms with E-state index in [-0.39, 0.29) is 13.2 Å². The third-order valence-electron chi connectivity index (χ3n) is 2.29. The van der Waals surface area contributed by atoms with Crippen molar-refractivity contribution in [2.24, 2.45) is 0 Å². The Morgan fingerprint density at radius 1 is 1.82 bits per heavy atom. The van der Waals surface area contributed by atoms with E-state index < -0.39 is 11.8 Å². The number of aliphatic hydroxyl groups excluding tert-OH is 1. The number of methoxy groups -OCH3 is 1. The number of hydrogen-bond donors (Lipinski definition) is 2.